The van der Waals surface area contributed by atoms with E-state index in [0.717, 1.165) is 10.7 Å². The maximum absolute atomic E-state index is 5.36. The fourth-order valence-electron chi connectivity index (χ4n) is 1.71. The van der Waals surface area contributed by atoms with Crippen LogP contribution in [0.25, 0.3) is 0 Å². The summed E-state index contributed by atoms with van der Waals surface area (Å²) in [7, 11) is 1.61. The number of fused-ring (bicyclic) bond motifs is 1. The SMILES string of the molecule is COc1cc(CNc2nncs2)cc2c1OCO2. The summed E-state index contributed by atoms with van der Waals surface area (Å²) in [6.07, 6.45) is 0. The number of rotatable bonds is 4. The molecule has 0 aliphatic carbocycles. The molecular weight excluding hydrogens is 254 g/mol. The van der Waals surface area contributed by atoms with E-state index in [-0.39, 0.29) is 6.79 Å². The third-order valence-corrected chi connectivity index (χ3v) is 3.17. The van der Waals surface area contributed by atoms with Crippen molar-refractivity contribution in [2.75, 3.05) is 19.2 Å². The number of nitrogens with zero attached hydrogens (tertiary/aromatic N) is 2. The Morgan fingerprint density at radius 3 is 3.17 bits per heavy atom. The van der Waals surface area contributed by atoms with Crippen molar-refractivity contribution in [1.82, 2.24) is 10.2 Å². The minimum Gasteiger partial charge on any atom is -0.493 e. The number of nitrogens with one attached hydrogen (secondary N) is 1. The van der Waals surface area contributed by atoms with Gasteiger partial charge in [0.05, 0.1) is 7.11 Å². The van der Waals surface area contributed by atoms with E-state index in [4.69, 9.17) is 14.2 Å². The van der Waals surface area contributed by atoms with Crippen LogP contribution in [0.1, 0.15) is 5.56 Å². The van der Waals surface area contributed by atoms with Crippen molar-refractivity contribution < 1.29 is 14.2 Å². The number of ether oxygens (including phenoxy) is 3. The van der Waals surface area contributed by atoms with Crippen LogP contribution in [0.15, 0.2) is 17.6 Å². The second-order valence-corrected chi connectivity index (χ2v) is 4.46. The molecular formula is C11H11N3O3S. The zero-order valence-corrected chi connectivity index (χ0v) is 10.5. The first-order valence-corrected chi connectivity index (χ1v) is 6.21. The van der Waals surface area contributed by atoms with Gasteiger partial charge in [-0.25, -0.2) is 0 Å². The molecule has 1 aliphatic heterocycles. The van der Waals surface area contributed by atoms with Crippen LogP contribution in [0.5, 0.6) is 17.2 Å². The molecule has 0 atom stereocenters. The summed E-state index contributed by atoms with van der Waals surface area (Å²) in [5.74, 6) is 2.06. The van der Waals surface area contributed by atoms with Crippen molar-refractivity contribution in [1.29, 1.82) is 0 Å². The highest BCUT2D eigenvalue weighted by atomic mass is 32.1. The molecule has 0 amide bonds. The first-order valence-electron chi connectivity index (χ1n) is 5.33. The lowest BCUT2D eigenvalue weighted by Crippen LogP contribution is -1.99. The average Bonchev–Trinajstić information content (AvgIpc) is 3.06. The van der Waals surface area contributed by atoms with Gasteiger partial charge in [0.1, 0.15) is 5.51 Å². The van der Waals surface area contributed by atoms with Gasteiger partial charge in [0, 0.05) is 6.54 Å². The van der Waals surface area contributed by atoms with Gasteiger partial charge in [-0.15, -0.1) is 10.2 Å². The Labute approximate surface area is 108 Å². The molecule has 2 aromatic rings. The third kappa shape index (κ3) is 2.04. The van der Waals surface area contributed by atoms with Crippen LogP contribution in [0.2, 0.25) is 0 Å². The summed E-state index contributed by atoms with van der Waals surface area (Å²) in [6.45, 7) is 0.862. The standard InChI is InChI=1S/C11H11N3O3S/c1-15-8-2-7(3-9-10(8)17-6-16-9)4-12-11-14-13-5-18-11/h2-3,5H,4,6H2,1H3,(H,12,14). The third-order valence-electron chi connectivity index (χ3n) is 2.52. The molecule has 7 heteroatoms. The molecule has 0 radical (unpaired) electrons. The summed E-state index contributed by atoms with van der Waals surface area (Å²) in [4.78, 5) is 0. The Balaban J connectivity index is 1.80. The van der Waals surface area contributed by atoms with E-state index in [0.29, 0.717) is 23.8 Å². The van der Waals surface area contributed by atoms with Gasteiger partial charge >= 0.3 is 0 Å². The van der Waals surface area contributed by atoms with Gasteiger partial charge in [-0.2, -0.15) is 0 Å². The molecule has 3 rings (SSSR count). The van der Waals surface area contributed by atoms with Gasteiger partial charge in [-0.1, -0.05) is 11.3 Å². The minimum absolute atomic E-state index is 0.235. The van der Waals surface area contributed by atoms with Gasteiger partial charge < -0.3 is 19.5 Å². The Hall–Kier alpha value is -2.02. The highest BCUT2D eigenvalue weighted by molar-refractivity contribution is 7.13. The van der Waals surface area contributed by atoms with Gasteiger partial charge in [-0.3, -0.25) is 0 Å². The van der Waals surface area contributed by atoms with Crippen molar-refractivity contribution in [2.24, 2.45) is 0 Å². The molecule has 0 saturated carbocycles. The smallest absolute Gasteiger partial charge is 0.231 e. The molecule has 1 aromatic carbocycles. The second kappa shape index (κ2) is 4.69. The number of hydrogen-bond acceptors (Lipinski definition) is 7. The molecule has 1 N–H and O–H groups in total. The van der Waals surface area contributed by atoms with Crippen LogP contribution in [-0.4, -0.2) is 24.1 Å². The summed E-state index contributed by atoms with van der Waals surface area (Å²) in [5, 5.41) is 11.6. The Kier molecular flexibility index (Phi) is 2.89. The number of benzene rings is 1. The summed E-state index contributed by atoms with van der Waals surface area (Å²) in [5.41, 5.74) is 2.72. The Bertz CT molecular complexity index is 545. The molecule has 1 aliphatic rings. The van der Waals surface area contributed by atoms with Crippen LogP contribution in [0, 0.1) is 0 Å². The van der Waals surface area contributed by atoms with Crippen LogP contribution in [-0.2, 0) is 6.54 Å². The van der Waals surface area contributed by atoms with E-state index in [9.17, 15) is 0 Å². The quantitative estimate of drug-likeness (QED) is 0.910. The maximum atomic E-state index is 5.36. The number of aromatic nitrogens is 2. The first-order chi connectivity index (χ1) is 8.86. The lowest BCUT2D eigenvalue weighted by atomic mass is 10.2. The highest BCUT2D eigenvalue weighted by Gasteiger charge is 2.19. The fraction of sp³-hybridized carbons (Fsp3) is 0.273. The van der Waals surface area contributed by atoms with Crippen molar-refractivity contribution in [3.63, 3.8) is 0 Å². The minimum atomic E-state index is 0.235. The molecule has 0 saturated heterocycles. The fourth-order valence-corrected chi connectivity index (χ4v) is 2.16. The molecule has 0 bridgehead atoms. The zero-order chi connectivity index (χ0) is 12.4. The average molecular weight is 265 g/mol. The largest absolute Gasteiger partial charge is 0.493 e. The number of methoxy groups -OCH3 is 1. The Morgan fingerprint density at radius 2 is 2.39 bits per heavy atom. The molecule has 0 fully saturated rings. The van der Waals surface area contributed by atoms with E-state index in [1.165, 1.54) is 11.3 Å². The number of hydrogen-bond donors (Lipinski definition) is 1. The maximum Gasteiger partial charge on any atom is 0.231 e. The van der Waals surface area contributed by atoms with E-state index in [1.807, 2.05) is 12.1 Å². The van der Waals surface area contributed by atoms with Crippen molar-refractivity contribution in [3.05, 3.63) is 23.2 Å². The van der Waals surface area contributed by atoms with Gasteiger partial charge in [-0.05, 0) is 17.7 Å². The second-order valence-electron chi connectivity index (χ2n) is 3.63. The van der Waals surface area contributed by atoms with Crippen molar-refractivity contribution in [2.45, 2.75) is 6.54 Å². The predicted octanol–water partition coefficient (Wildman–Crippen LogP) is 1.89. The topological polar surface area (TPSA) is 65.5 Å². The lowest BCUT2D eigenvalue weighted by Gasteiger charge is -2.08. The van der Waals surface area contributed by atoms with E-state index < -0.39 is 0 Å². The molecule has 18 heavy (non-hydrogen) atoms. The summed E-state index contributed by atoms with van der Waals surface area (Å²) < 4.78 is 16.0. The normalized spacial score (nSPS) is 12.5. The Morgan fingerprint density at radius 1 is 1.44 bits per heavy atom. The molecule has 0 unspecified atom stereocenters. The van der Waals surface area contributed by atoms with Crippen molar-refractivity contribution >= 4 is 16.5 Å². The molecule has 0 spiro atoms. The zero-order valence-electron chi connectivity index (χ0n) is 9.67. The van der Waals surface area contributed by atoms with Crippen LogP contribution < -0.4 is 19.5 Å². The number of anilines is 1. The summed E-state index contributed by atoms with van der Waals surface area (Å²) >= 11 is 1.46. The predicted molar refractivity (Wildman–Crippen MR) is 66.4 cm³/mol. The highest BCUT2D eigenvalue weighted by Crippen LogP contribution is 2.41. The van der Waals surface area contributed by atoms with Gasteiger partial charge in [0.2, 0.25) is 17.7 Å². The molecule has 94 valence electrons. The van der Waals surface area contributed by atoms with Crippen molar-refractivity contribution in [3.8, 4) is 17.2 Å². The van der Waals surface area contributed by atoms with Crippen LogP contribution in [0.4, 0.5) is 5.13 Å². The van der Waals surface area contributed by atoms with Gasteiger partial charge in [0.25, 0.3) is 0 Å². The molecule has 6 nitrogen and oxygen atoms in total. The van der Waals surface area contributed by atoms with E-state index >= 15 is 0 Å². The molecule has 2 heterocycles. The van der Waals surface area contributed by atoms with Crippen LogP contribution in [0.3, 0.4) is 0 Å². The van der Waals surface area contributed by atoms with Gasteiger partial charge in [0.15, 0.2) is 11.5 Å². The lowest BCUT2D eigenvalue weighted by molar-refractivity contribution is 0.171. The first kappa shape index (κ1) is 11.1. The summed E-state index contributed by atoms with van der Waals surface area (Å²) in [6, 6.07) is 3.85. The van der Waals surface area contributed by atoms with Crippen LogP contribution >= 0.6 is 11.3 Å². The monoisotopic (exact) mass is 265 g/mol. The molecule has 1 aromatic heterocycles. The van der Waals surface area contributed by atoms with E-state index in [1.54, 1.807) is 12.6 Å². The van der Waals surface area contributed by atoms with E-state index in [2.05, 4.69) is 15.5 Å².